The lowest BCUT2D eigenvalue weighted by molar-refractivity contribution is -0.121. The standard InChI is InChI=1S/C22H30N2O5S2/c1-16-8-6-9-21(17(16)2)24(31(5,28)29)15-7-10-22(25)23-18(3)19-11-13-20(14-12-19)30(4,26)27/h6,8-9,11-14,18H,7,10,15H2,1-5H3,(H,23,25)/t18-/m1/s1. The molecule has 2 rings (SSSR count). The number of nitrogens with one attached hydrogen (secondary N) is 1. The van der Waals surface area contributed by atoms with Crippen LogP contribution in [0.25, 0.3) is 0 Å². The number of rotatable bonds is 9. The summed E-state index contributed by atoms with van der Waals surface area (Å²) in [6.45, 7) is 5.82. The minimum Gasteiger partial charge on any atom is -0.350 e. The van der Waals surface area contributed by atoms with Crippen LogP contribution in [0.15, 0.2) is 47.4 Å². The molecule has 0 fully saturated rings. The van der Waals surface area contributed by atoms with Crippen molar-refractivity contribution in [1.29, 1.82) is 0 Å². The Morgan fingerprint density at radius 1 is 1.00 bits per heavy atom. The van der Waals surface area contributed by atoms with Crippen LogP contribution < -0.4 is 9.62 Å². The van der Waals surface area contributed by atoms with Crippen molar-refractivity contribution in [1.82, 2.24) is 5.32 Å². The van der Waals surface area contributed by atoms with Gasteiger partial charge in [0.1, 0.15) is 0 Å². The first kappa shape index (κ1) is 24.9. The first-order valence-corrected chi connectivity index (χ1v) is 13.7. The van der Waals surface area contributed by atoms with E-state index >= 15 is 0 Å². The number of sulfone groups is 1. The zero-order valence-corrected chi connectivity index (χ0v) is 20.2. The number of amides is 1. The van der Waals surface area contributed by atoms with Crippen molar-refractivity contribution >= 4 is 31.5 Å². The largest absolute Gasteiger partial charge is 0.350 e. The topological polar surface area (TPSA) is 101 Å². The molecule has 0 bridgehead atoms. The highest BCUT2D eigenvalue weighted by Gasteiger charge is 2.20. The van der Waals surface area contributed by atoms with Crippen LogP contribution in [0.1, 0.15) is 42.5 Å². The molecule has 1 N–H and O–H groups in total. The van der Waals surface area contributed by atoms with E-state index in [0.29, 0.717) is 12.1 Å². The lowest BCUT2D eigenvalue weighted by Crippen LogP contribution is -2.33. The Morgan fingerprint density at radius 3 is 2.16 bits per heavy atom. The van der Waals surface area contributed by atoms with Gasteiger partial charge in [-0.2, -0.15) is 0 Å². The maximum Gasteiger partial charge on any atom is 0.232 e. The molecule has 0 aliphatic rings. The molecule has 0 aromatic heterocycles. The Morgan fingerprint density at radius 2 is 1.61 bits per heavy atom. The molecule has 0 aliphatic heterocycles. The first-order valence-electron chi connectivity index (χ1n) is 9.94. The van der Waals surface area contributed by atoms with Crippen molar-refractivity contribution in [3.63, 3.8) is 0 Å². The van der Waals surface area contributed by atoms with Crippen LogP contribution >= 0.6 is 0 Å². The summed E-state index contributed by atoms with van der Waals surface area (Å²) in [7, 11) is -6.76. The van der Waals surface area contributed by atoms with Gasteiger partial charge in [0.05, 0.1) is 22.9 Å². The summed E-state index contributed by atoms with van der Waals surface area (Å²) in [5, 5.41) is 2.87. The fraction of sp³-hybridized carbons (Fsp3) is 0.409. The van der Waals surface area contributed by atoms with E-state index in [-0.39, 0.29) is 29.8 Å². The van der Waals surface area contributed by atoms with Crippen molar-refractivity contribution in [3.05, 3.63) is 59.2 Å². The Hall–Kier alpha value is -2.39. The van der Waals surface area contributed by atoms with Gasteiger partial charge in [-0.25, -0.2) is 16.8 Å². The second-order valence-electron chi connectivity index (χ2n) is 7.79. The van der Waals surface area contributed by atoms with Gasteiger partial charge in [-0.1, -0.05) is 24.3 Å². The molecule has 1 atom stereocenters. The molecule has 31 heavy (non-hydrogen) atoms. The zero-order chi connectivity index (χ0) is 23.4. The van der Waals surface area contributed by atoms with Crippen LogP contribution in [-0.4, -0.2) is 41.8 Å². The van der Waals surface area contributed by atoms with Gasteiger partial charge in [0.25, 0.3) is 0 Å². The second-order valence-corrected chi connectivity index (χ2v) is 11.7. The lowest BCUT2D eigenvalue weighted by atomic mass is 10.1. The molecule has 0 radical (unpaired) electrons. The average molecular weight is 467 g/mol. The van der Waals surface area contributed by atoms with E-state index in [1.807, 2.05) is 32.9 Å². The number of carbonyl (C=O) groups excluding carboxylic acids is 1. The van der Waals surface area contributed by atoms with Crippen molar-refractivity contribution in [3.8, 4) is 0 Å². The third kappa shape index (κ3) is 6.80. The number of hydrogen-bond acceptors (Lipinski definition) is 5. The Kier molecular flexibility index (Phi) is 7.88. The summed E-state index contributed by atoms with van der Waals surface area (Å²) in [5.74, 6) is -0.200. The number of hydrogen-bond donors (Lipinski definition) is 1. The molecule has 0 unspecified atom stereocenters. The smallest absolute Gasteiger partial charge is 0.232 e. The number of nitrogens with zero attached hydrogens (tertiary/aromatic N) is 1. The lowest BCUT2D eigenvalue weighted by Gasteiger charge is -2.25. The number of anilines is 1. The number of benzene rings is 2. The molecule has 2 aromatic rings. The van der Waals surface area contributed by atoms with Gasteiger partial charge in [0.15, 0.2) is 9.84 Å². The molecular weight excluding hydrogens is 436 g/mol. The summed E-state index contributed by atoms with van der Waals surface area (Å²) in [6.07, 6.45) is 2.84. The molecule has 170 valence electrons. The average Bonchev–Trinajstić information content (AvgIpc) is 2.66. The molecule has 9 heteroatoms. The molecule has 7 nitrogen and oxygen atoms in total. The normalized spacial score (nSPS) is 12.9. The van der Waals surface area contributed by atoms with E-state index in [1.54, 1.807) is 18.2 Å². The summed E-state index contributed by atoms with van der Waals surface area (Å²) in [6, 6.07) is 11.6. The maximum atomic E-state index is 12.4. The molecule has 0 saturated heterocycles. The predicted molar refractivity (Wildman–Crippen MR) is 123 cm³/mol. The van der Waals surface area contributed by atoms with Gasteiger partial charge in [0, 0.05) is 19.2 Å². The summed E-state index contributed by atoms with van der Waals surface area (Å²) < 4.78 is 49.1. The van der Waals surface area contributed by atoms with Gasteiger partial charge >= 0.3 is 0 Å². The van der Waals surface area contributed by atoms with Crippen LogP contribution in [-0.2, 0) is 24.7 Å². The maximum absolute atomic E-state index is 12.4. The second kappa shape index (κ2) is 9.82. The molecule has 0 aliphatic carbocycles. The molecule has 1 amide bonds. The Labute approximate surface area is 185 Å². The predicted octanol–water partition coefficient (Wildman–Crippen LogP) is 3.13. The summed E-state index contributed by atoms with van der Waals surface area (Å²) >= 11 is 0. The van der Waals surface area contributed by atoms with E-state index in [0.717, 1.165) is 29.2 Å². The highest BCUT2D eigenvalue weighted by atomic mass is 32.2. The Balaban J connectivity index is 1.98. The van der Waals surface area contributed by atoms with Gasteiger partial charge in [-0.3, -0.25) is 9.10 Å². The Bertz CT molecular complexity index is 1140. The number of carbonyl (C=O) groups is 1. The quantitative estimate of drug-likeness (QED) is 0.612. The highest BCUT2D eigenvalue weighted by Crippen LogP contribution is 2.25. The molecule has 2 aromatic carbocycles. The fourth-order valence-electron chi connectivity index (χ4n) is 3.25. The van der Waals surface area contributed by atoms with Crippen LogP contribution in [0.5, 0.6) is 0 Å². The van der Waals surface area contributed by atoms with Gasteiger partial charge in [0.2, 0.25) is 15.9 Å². The number of sulfonamides is 1. The summed E-state index contributed by atoms with van der Waals surface area (Å²) in [4.78, 5) is 12.6. The van der Waals surface area contributed by atoms with Crippen molar-refractivity contribution in [2.45, 2.75) is 44.6 Å². The minimum absolute atomic E-state index is 0.169. The van der Waals surface area contributed by atoms with Crippen LogP contribution in [0.3, 0.4) is 0 Å². The fourth-order valence-corrected chi connectivity index (χ4v) is 4.90. The molecule has 0 spiro atoms. The van der Waals surface area contributed by atoms with E-state index in [1.165, 1.54) is 16.4 Å². The summed E-state index contributed by atoms with van der Waals surface area (Å²) in [5.41, 5.74) is 3.30. The van der Waals surface area contributed by atoms with Gasteiger partial charge in [-0.15, -0.1) is 0 Å². The molecular formula is C22H30N2O5S2. The van der Waals surface area contributed by atoms with E-state index in [2.05, 4.69) is 5.32 Å². The van der Waals surface area contributed by atoms with Crippen molar-refractivity contribution < 1.29 is 21.6 Å². The van der Waals surface area contributed by atoms with Gasteiger partial charge in [-0.05, 0) is 62.1 Å². The minimum atomic E-state index is -3.48. The van der Waals surface area contributed by atoms with Crippen LogP contribution in [0, 0.1) is 13.8 Å². The third-order valence-electron chi connectivity index (χ3n) is 5.20. The van der Waals surface area contributed by atoms with Gasteiger partial charge < -0.3 is 5.32 Å². The van der Waals surface area contributed by atoms with E-state index in [9.17, 15) is 21.6 Å². The van der Waals surface area contributed by atoms with Crippen molar-refractivity contribution in [2.24, 2.45) is 0 Å². The molecule has 0 heterocycles. The highest BCUT2D eigenvalue weighted by molar-refractivity contribution is 7.92. The third-order valence-corrected chi connectivity index (χ3v) is 7.50. The van der Waals surface area contributed by atoms with Crippen molar-refractivity contribution in [2.75, 3.05) is 23.4 Å². The zero-order valence-electron chi connectivity index (χ0n) is 18.5. The SMILES string of the molecule is Cc1cccc(N(CCCC(=O)N[C@H](C)c2ccc(S(C)(=O)=O)cc2)S(C)(=O)=O)c1C. The first-order chi connectivity index (χ1) is 14.3. The van der Waals surface area contributed by atoms with Crippen LogP contribution in [0.4, 0.5) is 5.69 Å². The number of aryl methyl sites for hydroxylation is 1. The van der Waals surface area contributed by atoms with E-state index in [4.69, 9.17) is 0 Å². The monoisotopic (exact) mass is 466 g/mol. The van der Waals surface area contributed by atoms with E-state index < -0.39 is 19.9 Å². The van der Waals surface area contributed by atoms with Crippen LogP contribution in [0.2, 0.25) is 0 Å². The molecule has 0 saturated carbocycles.